The molecule has 3 rings (SSSR count). The summed E-state index contributed by atoms with van der Waals surface area (Å²) in [6.45, 7) is 6.17. The van der Waals surface area contributed by atoms with E-state index in [0.29, 0.717) is 24.4 Å². The van der Waals surface area contributed by atoms with Crippen LogP contribution in [0.5, 0.6) is 5.75 Å². The lowest BCUT2D eigenvalue weighted by molar-refractivity contribution is -0.137. The van der Waals surface area contributed by atoms with Crippen molar-refractivity contribution in [1.29, 1.82) is 0 Å². The highest BCUT2D eigenvalue weighted by atomic mass is 32.1. The summed E-state index contributed by atoms with van der Waals surface area (Å²) in [5.41, 5.74) is -1.58. The number of nitrogens with one attached hydrogen (secondary N) is 1. The predicted octanol–water partition coefficient (Wildman–Crippen LogP) is 3.29. The second kappa shape index (κ2) is 8.45. The van der Waals surface area contributed by atoms with Gasteiger partial charge in [-0.3, -0.25) is 9.59 Å². The monoisotopic (exact) mass is 456 g/mol. The van der Waals surface area contributed by atoms with E-state index in [1.807, 2.05) is 20.8 Å². The number of methoxy groups -OCH3 is 1. The number of carbonyl (C=O) groups is 2. The lowest BCUT2D eigenvalue weighted by atomic mass is 9.98. The molecule has 0 spiro atoms. The maximum Gasteiger partial charge on any atom is 0.416 e. The Morgan fingerprint density at radius 3 is 2.61 bits per heavy atom. The van der Waals surface area contributed by atoms with Crippen LogP contribution in [0.25, 0.3) is 0 Å². The summed E-state index contributed by atoms with van der Waals surface area (Å²) in [6.07, 6.45) is -3.57. The number of halogens is 3. The van der Waals surface area contributed by atoms with E-state index in [1.54, 1.807) is 0 Å². The first-order chi connectivity index (χ1) is 14.4. The molecule has 1 atom stereocenters. The van der Waals surface area contributed by atoms with Crippen molar-refractivity contribution < 1.29 is 27.5 Å². The van der Waals surface area contributed by atoms with Crippen molar-refractivity contribution in [3.8, 4) is 5.75 Å². The molecule has 1 fully saturated rings. The Labute approximate surface area is 180 Å². The Bertz CT molecular complexity index is 1070. The summed E-state index contributed by atoms with van der Waals surface area (Å²) in [7, 11) is 1.27. The molecule has 2 aromatic rings. The Morgan fingerprint density at radius 1 is 1.35 bits per heavy atom. The zero-order valence-corrected chi connectivity index (χ0v) is 18.4. The van der Waals surface area contributed by atoms with Crippen LogP contribution in [-0.4, -0.2) is 34.7 Å². The fourth-order valence-corrected chi connectivity index (χ4v) is 4.00. The molecule has 1 N–H and O–H groups in total. The Hall–Kier alpha value is -2.69. The Morgan fingerprint density at radius 2 is 2.06 bits per heavy atom. The quantitative estimate of drug-likeness (QED) is 0.765. The standard InChI is InChI=1S/C20H23F3N4O3S/c1-19(2,3)17-26-27(10-12-6-8-15(28)24-12)18(31-17)25-16(29)13-9-11(20(21,22)23)5-7-14(13)30-4/h5,7,9,12H,6,8,10H2,1-4H3,(H,24,28)/t12-/m0/s1. The molecule has 0 saturated carbocycles. The number of aromatic nitrogens is 2. The third-order valence-electron chi connectivity index (χ3n) is 4.69. The first kappa shape index (κ1) is 23.0. The van der Waals surface area contributed by atoms with Crippen LogP contribution in [0.2, 0.25) is 0 Å². The average molecular weight is 456 g/mol. The van der Waals surface area contributed by atoms with Gasteiger partial charge in [0.1, 0.15) is 10.8 Å². The van der Waals surface area contributed by atoms with E-state index in [0.717, 1.165) is 18.2 Å². The molecule has 1 aromatic heterocycles. The molecule has 7 nitrogen and oxygen atoms in total. The van der Waals surface area contributed by atoms with E-state index in [2.05, 4.69) is 15.4 Å². The fourth-order valence-electron chi connectivity index (χ4n) is 3.04. The molecule has 31 heavy (non-hydrogen) atoms. The second-order valence-electron chi connectivity index (χ2n) is 8.25. The normalized spacial score (nSPS) is 17.7. The molecule has 0 radical (unpaired) electrons. The molecule has 1 aliphatic rings. The molecule has 2 heterocycles. The third-order valence-corrected chi connectivity index (χ3v) is 6.07. The van der Waals surface area contributed by atoms with Crippen molar-refractivity contribution in [3.05, 3.63) is 39.1 Å². The Kier molecular flexibility index (Phi) is 6.26. The van der Waals surface area contributed by atoms with Crippen LogP contribution in [-0.2, 0) is 22.9 Å². The number of amides is 2. The van der Waals surface area contributed by atoms with E-state index >= 15 is 0 Å². The number of alkyl halides is 3. The number of rotatable bonds is 4. The maximum absolute atomic E-state index is 13.1. The predicted molar refractivity (Wildman–Crippen MR) is 108 cm³/mol. The van der Waals surface area contributed by atoms with Crippen LogP contribution in [0, 0.1) is 0 Å². The van der Waals surface area contributed by atoms with E-state index < -0.39 is 17.6 Å². The number of benzene rings is 1. The van der Waals surface area contributed by atoms with Gasteiger partial charge in [0.25, 0.3) is 5.91 Å². The molecule has 11 heteroatoms. The summed E-state index contributed by atoms with van der Waals surface area (Å²) < 4.78 is 46.0. The summed E-state index contributed by atoms with van der Waals surface area (Å²) in [6, 6.07) is 2.53. The van der Waals surface area contributed by atoms with Crippen molar-refractivity contribution in [1.82, 2.24) is 15.1 Å². The van der Waals surface area contributed by atoms with Gasteiger partial charge < -0.3 is 10.1 Å². The molecular weight excluding hydrogens is 433 g/mol. The van der Waals surface area contributed by atoms with Gasteiger partial charge in [-0.1, -0.05) is 32.1 Å². The van der Waals surface area contributed by atoms with Gasteiger partial charge in [-0.05, 0) is 24.6 Å². The fraction of sp³-hybridized carbons (Fsp3) is 0.500. The highest BCUT2D eigenvalue weighted by molar-refractivity contribution is 7.09. The summed E-state index contributed by atoms with van der Waals surface area (Å²) >= 11 is 1.19. The van der Waals surface area contributed by atoms with Gasteiger partial charge in [0, 0.05) is 17.9 Å². The molecule has 1 aromatic carbocycles. The van der Waals surface area contributed by atoms with E-state index in [4.69, 9.17) is 4.74 Å². The zero-order chi connectivity index (χ0) is 23.0. The van der Waals surface area contributed by atoms with Crippen LogP contribution < -0.4 is 14.9 Å². The van der Waals surface area contributed by atoms with Crippen LogP contribution >= 0.6 is 11.3 Å². The highest BCUT2D eigenvalue weighted by Gasteiger charge is 2.32. The number of hydrogen-bond acceptors (Lipinski definition) is 5. The lowest BCUT2D eigenvalue weighted by Crippen LogP contribution is -2.33. The SMILES string of the molecule is COc1ccc(C(F)(F)F)cc1C(=O)N=c1sc(C(C)(C)C)nn1C[C@@H]1CCC(=O)N1. The lowest BCUT2D eigenvalue weighted by Gasteiger charge is -2.13. The van der Waals surface area contributed by atoms with Crippen molar-refractivity contribution in [2.24, 2.45) is 4.99 Å². The van der Waals surface area contributed by atoms with Gasteiger partial charge >= 0.3 is 6.18 Å². The first-order valence-electron chi connectivity index (χ1n) is 9.60. The molecule has 0 unspecified atom stereocenters. The van der Waals surface area contributed by atoms with Gasteiger partial charge in [0.2, 0.25) is 10.7 Å². The van der Waals surface area contributed by atoms with Gasteiger partial charge in [0.05, 0.1) is 24.8 Å². The second-order valence-corrected chi connectivity index (χ2v) is 9.21. The van der Waals surface area contributed by atoms with E-state index in [-0.39, 0.29) is 33.5 Å². The van der Waals surface area contributed by atoms with Gasteiger partial charge in [0.15, 0.2) is 0 Å². The summed E-state index contributed by atoms with van der Waals surface area (Å²) in [5, 5.41) is 8.09. The maximum atomic E-state index is 13.1. The molecule has 2 amide bonds. The molecule has 1 aliphatic heterocycles. The Balaban J connectivity index is 2.04. The van der Waals surface area contributed by atoms with Crippen LogP contribution in [0.3, 0.4) is 0 Å². The molecule has 0 aliphatic carbocycles. The zero-order valence-electron chi connectivity index (χ0n) is 17.5. The van der Waals surface area contributed by atoms with Crippen molar-refractivity contribution in [3.63, 3.8) is 0 Å². The van der Waals surface area contributed by atoms with Gasteiger partial charge in [-0.2, -0.15) is 23.3 Å². The van der Waals surface area contributed by atoms with Gasteiger partial charge in [-0.15, -0.1) is 0 Å². The smallest absolute Gasteiger partial charge is 0.416 e. The van der Waals surface area contributed by atoms with E-state index in [9.17, 15) is 22.8 Å². The minimum absolute atomic E-state index is 0.00286. The van der Waals surface area contributed by atoms with Crippen LogP contribution in [0.1, 0.15) is 54.5 Å². The van der Waals surface area contributed by atoms with Crippen LogP contribution in [0.4, 0.5) is 13.2 Å². The van der Waals surface area contributed by atoms with Crippen molar-refractivity contribution in [2.75, 3.05) is 7.11 Å². The summed E-state index contributed by atoms with van der Waals surface area (Å²) in [5.74, 6) is -0.923. The molecule has 168 valence electrons. The number of hydrogen-bond donors (Lipinski definition) is 1. The summed E-state index contributed by atoms with van der Waals surface area (Å²) in [4.78, 5) is 28.7. The van der Waals surface area contributed by atoms with E-state index in [1.165, 1.54) is 23.1 Å². The largest absolute Gasteiger partial charge is 0.496 e. The number of ether oxygens (including phenoxy) is 1. The van der Waals surface area contributed by atoms with Crippen LogP contribution in [0.15, 0.2) is 23.2 Å². The topological polar surface area (TPSA) is 85.6 Å². The van der Waals surface area contributed by atoms with Crippen molar-refractivity contribution >= 4 is 23.2 Å². The van der Waals surface area contributed by atoms with Crippen molar-refractivity contribution in [2.45, 2.75) is 57.8 Å². The first-order valence-corrected chi connectivity index (χ1v) is 10.4. The molecule has 1 saturated heterocycles. The third kappa shape index (κ3) is 5.33. The highest BCUT2D eigenvalue weighted by Crippen LogP contribution is 2.33. The minimum Gasteiger partial charge on any atom is -0.496 e. The average Bonchev–Trinajstić information content (AvgIpc) is 3.26. The van der Waals surface area contributed by atoms with Gasteiger partial charge in [-0.25, -0.2) is 4.68 Å². The number of nitrogens with zero attached hydrogens (tertiary/aromatic N) is 3. The molecule has 0 bridgehead atoms. The minimum atomic E-state index is -4.61. The number of carbonyl (C=O) groups excluding carboxylic acids is 2. The molecular formula is C20H23F3N4O3S.